The zero-order valence-electron chi connectivity index (χ0n) is 46.2. The number of aryl methyl sites for hydroxylation is 3. The molecule has 70 heavy (non-hydrogen) atoms. The average molecular weight is 926 g/mol. The van der Waals surface area contributed by atoms with Gasteiger partial charge in [-0.2, -0.15) is 0 Å². The summed E-state index contributed by atoms with van der Waals surface area (Å²) < 4.78 is 0. The summed E-state index contributed by atoms with van der Waals surface area (Å²) in [5.74, 6) is 0. The Hall–Kier alpha value is -5.22. The van der Waals surface area contributed by atoms with Crippen LogP contribution in [0.25, 0.3) is 0 Å². The van der Waals surface area contributed by atoms with Crippen LogP contribution in [0, 0.1) is 20.8 Å². The molecule has 6 aromatic rings. The van der Waals surface area contributed by atoms with E-state index in [1.807, 2.05) is 0 Å². The molecule has 3 heterocycles. The molecule has 0 radical (unpaired) electrons. The molecule has 0 N–H and O–H groups in total. The molecule has 6 aromatic carbocycles. The number of rotatable bonds is 3. The van der Waals surface area contributed by atoms with Crippen LogP contribution in [0.5, 0.6) is 0 Å². The molecule has 5 aliphatic rings. The Morgan fingerprint density at radius 3 is 1.46 bits per heavy atom. The Morgan fingerprint density at radius 1 is 0.443 bits per heavy atom. The molecule has 2 atom stereocenters. The van der Waals surface area contributed by atoms with Crippen molar-refractivity contribution in [3.05, 3.63) is 147 Å². The lowest BCUT2D eigenvalue weighted by molar-refractivity contribution is 0.195. The standard InChI is InChI=1S/C66H80BN3/c1-40-31-57-59-58(32-40)69(53-27-22-44(34-42(53)3)61(7,8)9)56-38-48-47(63(13,14)39-64(48,15)16)37-51(56)67(59)50-25-24-46(36-55(50)68(57)52-26-21-43(33-41(52)2)60(4,5)6)70-54-28-23-45(62(10,11)12)35-49(54)65(17)29-19-20-30-66(65,70)18/h21-28,31-38H,19-20,29-30,39H2,1-18H3. The normalized spacial score (nSPS) is 21.8. The van der Waals surface area contributed by atoms with Gasteiger partial charge in [-0.05, 0) is 189 Å². The summed E-state index contributed by atoms with van der Waals surface area (Å²) in [6.07, 6.45) is 6.03. The van der Waals surface area contributed by atoms with Crippen LogP contribution in [0.3, 0.4) is 0 Å². The minimum atomic E-state index is -0.0684. The van der Waals surface area contributed by atoms with Gasteiger partial charge in [0.25, 0.3) is 6.71 Å². The van der Waals surface area contributed by atoms with Crippen molar-refractivity contribution in [3.63, 3.8) is 0 Å². The molecule has 0 saturated heterocycles. The lowest BCUT2D eigenvalue weighted by Crippen LogP contribution is -2.61. The Bertz CT molecular complexity index is 3180. The minimum Gasteiger partial charge on any atom is -0.334 e. The van der Waals surface area contributed by atoms with Gasteiger partial charge in [-0.3, -0.25) is 0 Å². The summed E-state index contributed by atoms with van der Waals surface area (Å²) in [4.78, 5) is 8.16. The van der Waals surface area contributed by atoms with Gasteiger partial charge in [-0.25, -0.2) is 0 Å². The van der Waals surface area contributed by atoms with Gasteiger partial charge in [-0.1, -0.05) is 158 Å². The first kappa shape index (κ1) is 47.1. The molecule has 2 unspecified atom stereocenters. The lowest BCUT2D eigenvalue weighted by atomic mass is 9.33. The van der Waals surface area contributed by atoms with E-state index in [0.29, 0.717) is 0 Å². The fraction of sp³-hybridized carbons (Fsp3) is 0.455. The third-order valence-corrected chi connectivity index (χ3v) is 18.5. The van der Waals surface area contributed by atoms with Crippen molar-refractivity contribution < 1.29 is 0 Å². The summed E-state index contributed by atoms with van der Waals surface area (Å²) in [6, 6.07) is 40.1. The maximum absolute atomic E-state index is 2.80. The van der Waals surface area contributed by atoms with Gasteiger partial charge in [0, 0.05) is 50.9 Å². The third kappa shape index (κ3) is 6.72. The van der Waals surface area contributed by atoms with Crippen LogP contribution in [-0.4, -0.2) is 12.3 Å². The van der Waals surface area contributed by atoms with E-state index in [1.54, 1.807) is 0 Å². The number of benzene rings is 6. The average Bonchev–Trinajstić information content (AvgIpc) is 3.58. The van der Waals surface area contributed by atoms with Crippen molar-refractivity contribution in [1.29, 1.82) is 0 Å². The van der Waals surface area contributed by atoms with Crippen LogP contribution in [0.1, 0.15) is 186 Å². The van der Waals surface area contributed by atoms with Gasteiger partial charge in [0.05, 0.1) is 5.54 Å². The quantitative estimate of drug-likeness (QED) is 0.164. The SMILES string of the molecule is Cc1cc2c3c(c1)N(c1ccc(C(C)(C)C)cc1C)c1cc4c(cc1B3c1ccc(N3c5ccc(C(C)(C)C)cc5C5(C)CCCCC35C)cc1N2c1ccc(C(C)(C)C)cc1C)C(C)(C)CC4(C)C. The molecule has 362 valence electrons. The van der Waals surface area contributed by atoms with E-state index in [9.17, 15) is 0 Å². The van der Waals surface area contributed by atoms with E-state index in [0.717, 1.165) is 6.42 Å². The number of hydrogen-bond donors (Lipinski definition) is 0. The number of anilines is 8. The molecule has 3 aliphatic heterocycles. The highest BCUT2D eigenvalue weighted by molar-refractivity contribution is 7.00. The molecular formula is C66H80BN3. The first-order chi connectivity index (χ1) is 32.5. The van der Waals surface area contributed by atoms with Crippen LogP contribution >= 0.6 is 0 Å². The second kappa shape index (κ2) is 14.9. The van der Waals surface area contributed by atoms with Gasteiger partial charge in [0.15, 0.2) is 0 Å². The van der Waals surface area contributed by atoms with Crippen LogP contribution in [0.15, 0.2) is 97.1 Å². The second-order valence-corrected chi connectivity index (χ2v) is 27.6. The van der Waals surface area contributed by atoms with Crippen molar-refractivity contribution in [1.82, 2.24) is 0 Å². The summed E-state index contributed by atoms with van der Waals surface area (Å²) in [6.45, 7) is 43.2. The van der Waals surface area contributed by atoms with E-state index >= 15 is 0 Å². The molecular weight excluding hydrogens is 846 g/mol. The van der Waals surface area contributed by atoms with Crippen molar-refractivity contribution in [2.24, 2.45) is 0 Å². The number of fused-ring (bicyclic) bond motifs is 8. The zero-order valence-corrected chi connectivity index (χ0v) is 46.2. The topological polar surface area (TPSA) is 9.72 Å². The van der Waals surface area contributed by atoms with Gasteiger partial charge in [-0.15, -0.1) is 0 Å². The minimum absolute atomic E-state index is 0.0331. The molecule has 1 saturated carbocycles. The van der Waals surface area contributed by atoms with Crippen molar-refractivity contribution in [3.8, 4) is 0 Å². The highest BCUT2D eigenvalue weighted by Gasteiger charge is 2.58. The molecule has 1 fully saturated rings. The Kier molecular flexibility index (Phi) is 10.0. The summed E-state index contributed by atoms with van der Waals surface area (Å²) >= 11 is 0. The van der Waals surface area contributed by atoms with E-state index < -0.39 is 0 Å². The van der Waals surface area contributed by atoms with Gasteiger partial charge >= 0.3 is 0 Å². The second-order valence-electron chi connectivity index (χ2n) is 27.6. The van der Waals surface area contributed by atoms with Crippen molar-refractivity contribution in [2.45, 2.75) is 195 Å². The van der Waals surface area contributed by atoms with E-state index in [-0.39, 0.29) is 44.7 Å². The molecule has 4 heteroatoms. The molecule has 0 bridgehead atoms. The molecule has 11 rings (SSSR count). The van der Waals surface area contributed by atoms with Crippen LogP contribution in [0.4, 0.5) is 45.5 Å². The van der Waals surface area contributed by atoms with Crippen LogP contribution < -0.4 is 31.1 Å². The molecule has 0 spiro atoms. The van der Waals surface area contributed by atoms with Crippen LogP contribution in [0.2, 0.25) is 0 Å². The number of nitrogens with zero attached hydrogens (tertiary/aromatic N) is 3. The largest absolute Gasteiger partial charge is 0.334 e. The summed E-state index contributed by atoms with van der Waals surface area (Å²) in [5, 5.41) is 0. The van der Waals surface area contributed by atoms with Crippen LogP contribution in [-0.2, 0) is 32.5 Å². The maximum Gasteiger partial charge on any atom is 0.252 e. The highest BCUT2D eigenvalue weighted by atomic mass is 15.3. The smallest absolute Gasteiger partial charge is 0.252 e. The van der Waals surface area contributed by atoms with E-state index in [2.05, 4.69) is 236 Å². The predicted octanol–water partition coefficient (Wildman–Crippen LogP) is 16.3. The first-order valence-electron chi connectivity index (χ1n) is 26.8. The molecule has 0 aromatic heterocycles. The third-order valence-electron chi connectivity index (χ3n) is 18.5. The Labute approximate surface area is 423 Å². The van der Waals surface area contributed by atoms with Gasteiger partial charge in [0.2, 0.25) is 0 Å². The molecule has 2 aliphatic carbocycles. The highest BCUT2D eigenvalue weighted by Crippen LogP contribution is 2.62. The number of hydrogen-bond acceptors (Lipinski definition) is 3. The fourth-order valence-corrected chi connectivity index (χ4v) is 14.6. The summed E-state index contributed by atoms with van der Waals surface area (Å²) in [7, 11) is 0. The van der Waals surface area contributed by atoms with Gasteiger partial charge < -0.3 is 14.7 Å². The van der Waals surface area contributed by atoms with E-state index in [1.165, 1.54) is 138 Å². The predicted molar refractivity (Wildman–Crippen MR) is 304 cm³/mol. The summed E-state index contributed by atoms with van der Waals surface area (Å²) in [5.41, 5.74) is 27.4. The first-order valence-corrected chi connectivity index (χ1v) is 26.8. The molecule has 0 amide bonds. The van der Waals surface area contributed by atoms with Gasteiger partial charge in [0.1, 0.15) is 0 Å². The molecule has 3 nitrogen and oxygen atoms in total. The zero-order chi connectivity index (χ0) is 50.2. The Balaban J connectivity index is 1.22. The Morgan fingerprint density at radius 2 is 0.929 bits per heavy atom. The van der Waals surface area contributed by atoms with Crippen molar-refractivity contribution in [2.75, 3.05) is 14.7 Å². The maximum atomic E-state index is 2.80. The van der Waals surface area contributed by atoms with E-state index in [4.69, 9.17) is 0 Å². The van der Waals surface area contributed by atoms with Crippen molar-refractivity contribution >= 4 is 68.6 Å². The fourth-order valence-electron chi connectivity index (χ4n) is 14.6. The lowest BCUT2D eigenvalue weighted by Gasteiger charge is -2.51. The monoisotopic (exact) mass is 926 g/mol.